The van der Waals surface area contributed by atoms with E-state index >= 15 is 0 Å². The number of nitrogens with zero attached hydrogens (tertiary/aromatic N) is 1. The van der Waals surface area contributed by atoms with Gasteiger partial charge < -0.3 is 10.4 Å². The minimum atomic E-state index is -0.880. The molecular weight excluding hydrogens is 259 g/mol. The van der Waals surface area contributed by atoms with Gasteiger partial charge in [-0.2, -0.15) is 0 Å². The van der Waals surface area contributed by atoms with Crippen LogP contribution in [0, 0.1) is 5.82 Å². The van der Waals surface area contributed by atoms with Gasteiger partial charge in [-0.05, 0) is 11.6 Å². The summed E-state index contributed by atoms with van der Waals surface area (Å²) in [6.07, 6.45) is 0. The number of hydrogen-bond acceptors (Lipinski definition) is 3. The molecule has 1 fully saturated rings. The minimum absolute atomic E-state index is 0.0696. The molecule has 2 rings (SSSR count). The van der Waals surface area contributed by atoms with Crippen molar-refractivity contribution in [2.24, 2.45) is 0 Å². The van der Waals surface area contributed by atoms with Gasteiger partial charge in [-0.1, -0.05) is 23.7 Å². The Kier molecular flexibility index (Phi) is 4.16. The molecule has 4 nitrogen and oxygen atoms in total. The van der Waals surface area contributed by atoms with E-state index in [0.717, 1.165) is 6.54 Å². The zero-order valence-electron chi connectivity index (χ0n) is 9.70. The van der Waals surface area contributed by atoms with Gasteiger partial charge in [0, 0.05) is 26.2 Å². The summed E-state index contributed by atoms with van der Waals surface area (Å²) in [4.78, 5) is 12.9. The van der Waals surface area contributed by atoms with E-state index in [0.29, 0.717) is 25.2 Å². The predicted molar refractivity (Wildman–Crippen MR) is 66.1 cm³/mol. The highest BCUT2D eigenvalue weighted by Crippen LogP contribution is 2.22. The van der Waals surface area contributed by atoms with Crippen LogP contribution in [0.2, 0.25) is 5.02 Å². The standard InChI is InChI=1S/C12H14ClFN2O2/c13-11-8(2-1-3-9(11)14)7-16-5-4-15-6-10(16)12(17)18/h1-3,10,15H,4-7H2,(H,17,18). The number of halogens is 2. The second kappa shape index (κ2) is 5.65. The molecule has 6 heteroatoms. The van der Waals surface area contributed by atoms with Gasteiger partial charge in [0.25, 0.3) is 0 Å². The molecule has 1 aromatic carbocycles. The van der Waals surface area contributed by atoms with Crippen molar-refractivity contribution in [1.82, 2.24) is 10.2 Å². The number of carboxylic acids is 1. The highest BCUT2D eigenvalue weighted by atomic mass is 35.5. The Bertz CT molecular complexity index is 456. The largest absolute Gasteiger partial charge is 0.480 e. The smallest absolute Gasteiger partial charge is 0.322 e. The summed E-state index contributed by atoms with van der Waals surface area (Å²) in [5.41, 5.74) is 0.616. The summed E-state index contributed by atoms with van der Waals surface area (Å²) in [7, 11) is 0. The SMILES string of the molecule is O=C(O)C1CNCCN1Cc1cccc(F)c1Cl. The van der Waals surface area contributed by atoms with E-state index in [1.165, 1.54) is 6.07 Å². The molecule has 0 aromatic heterocycles. The maximum atomic E-state index is 13.3. The zero-order chi connectivity index (χ0) is 13.1. The molecule has 18 heavy (non-hydrogen) atoms. The molecule has 0 spiro atoms. The van der Waals surface area contributed by atoms with E-state index < -0.39 is 17.8 Å². The lowest BCUT2D eigenvalue weighted by molar-refractivity contribution is -0.144. The Morgan fingerprint density at radius 1 is 1.61 bits per heavy atom. The van der Waals surface area contributed by atoms with Crippen molar-refractivity contribution in [3.63, 3.8) is 0 Å². The Hall–Kier alpha value is -1.17. The molecule has 1 aliphatic rings. The van der Waals surface area contributed by atoms with Crippen LogP contribution in [-0.4, -0.2) is 41.7 Å². The molecule has 1 saturated heterocycles. The first-order valence-corrected chi connectivity index (χ1v) is 6.08. The summed E-state index contributed by atoms with van der Waals surface area (Å²) in [6.45, 7) is 2.05. The second-order valence-corrected chi connectivity index (χ2v) is 4.62. The first-order chi connectivity index (χ1) is 8.59. The monoisotopic (exact) mass is 272 g/mol. The first kappa shape index (κ1) is 13.3. The molecule has 1 aliphatic heterocycles. The molecule has 2 N–H and O–H groups in total. The van der Waals surface area contributed by atoms with Crippen LogP contribution in [0.25, 0.3) is 0 Å². The van der Waals surface area contributed by atoms with Crippen LogP contribution in [0.3, 0.4) is 0 Å². The van der Waals surface area contributed by atoms with Crippen molar-refractivity contribution in [2.45, 2.75) is 12.6 Å². The number of aliphatic carboxylic acids is 1. The topological polar surface area (TPSA) is 52.6 Å². The van der Waals surface area contributed by atoms with Crippen molar-refractivity contribution in [1.29, 1.82) is 0 Å². The lowest BCUT2D eigenvalue weighted by atomic mass is 10.1. The molecule has 0 radical (unpaired) electrons. The van der Waals surface area contributed by atoms with Gasteiger partial charge in [0.15, 0.2) is 0 Å². The number of rotatable bonds is 3. The van der Waals surface area contributed by atoms with Crippen molar-refractivity contribution in [2.75, 3.05) is 19.6 Å². The fourth-order valence-electron chi connectivity index (χ4n) is 2.07. The summed E-state index contributed by atoms with van der Waals surface area (Å²) in [5, 5.41) is 12.2. The van der Waals surface area contributed by atoms with Crippen LogP contribution >= 0.6 is 11.6 Å². The zero-order valence-corrected chi connectivity index (χ0v) is 10.5. The van der Waals surface area contributed by atoms with Crippen LogP contribution in [0.4, 0.5) is 4.39 Å². The maximum absolute atomic E-state index is 13.3. The van der Waals surface area contributed by atoms with Gasteiger partial charge in [-0.25, -0.2) is 4.39 Å². The van der Waals surface area contributed by atoms with Gasteiger partial charge in [0.2, 0.25) is 0 Å². The third kappa shape index (κ3) is 2.80. The fraction of sp³-hybridized carbons (Fsp3) is 0.417. The van der Waals surface area contributed by atoms with Crippen LogP contribution < -0.4 is 5.32 Å². The molecule has 98 valence electrons. The van der Waals surface area contributed by atoms with E-state index in [4.69, 9.17) is 16.7 Å². The lowest BCUT2D eigenvalue weighted by Gasteiger charge is -2.33. The number of nitrogens with one attached hydrogen (secondary N) is 1. The van der Waals surface area contributed by atoms with E-state index in [-0.39, 0.29) is 5.02 Å². The van der Waals surface area contributed by atoms with E-state index in [1.807, 2.05) is 0 Å². The quantitative estimate of drug-likeness (QED) is 0.872. The van der Waals surface area contributed by atoms with Gasteiger partial charge in [-0.15, -0.1) is 0 Å². The third-order valence-corrected chi connectivity index (χ3v) is 3.47. The number of benzene rings is 1. The Morgan fingerprint density at radius 2 is 2.39 bits per heavy atom. The lowest BCUT2D eigenvalue weighted by Crippen LogP contribution is -2.54. The molecule has 1 unspecified atom stereocenters. The fourth-order valence-corrected chi connectivity index (χ4v) is 2.25. The first-order valence-electron chi connectivity index (χ1n) is 5.70. The second-order valence-electron chi connectivity index (χ2n) is 4.24. The van der Waals surface area contributed by atoms with Gasteiger partial charge in [-0.3, -0.25) is 9.69 Å². The van der Waals surface area contributed by atoms with Gasteiger partial charge in [0.05, 0.1) is 5.02 Å². The van der Waals surface area contributed by atoms with Crippen LogP contribution in [0.5, 0.6) is 0 Å². The minimum Gasteiger partial charge on any atom is -0.480 e. The molecule has 1 atom stereocenters. The Balaban J connectivity index is 2.16. The summed E-state index contributed by atoms with van der Waals surface area (Å²) in [6, 6.07) is 3.98. The van der Waals surface area contributed by atoms with Gasteiger partial charge in [0.1, 0.15) is 11.9 Å². The molecule has 0 bridgehead atoms. The van der Waals surface area contributed by atoms with Crippen LogP contribution in [0.15, 0.2) is 18.2 Å². The average Bonchev–Trinajstić information content (AvgIpc) is 2.35. The van der Waals surface area contributed by atoms with Crippen molar-refractivity contribution in [3.8, 4) is 0 Å². The van der Waals surface area contributed by atoms with E-state index in [1.54, 1.807) is 17.0 Å². The highest BCUT2D eigenvalue weighted by molar-refractivity contribution is 6.31. The molecule has 0 amide bonds. The maximum Gasteiger partial charge on any atom is 0.322 e. The summed E-state index contributed by atoms with van der Waals surface area (Å²) in [5.74, 6) is -1.36. The van der Waals surface area contributed by atoms with Crippen molar-refractivity contribution < 1.29 is 14.3 Å². The van der Waals surface area contributed by atoms with Crippen LogP contribution in [0.1, 0.15) is 5.56 Å². The average molecular weight is 273 g/mol. The Morgan fingerprint density at radius 3 is 3.11 bits per heavy atom. The van der Waals surface area contributed by atoms with Gasteiger partial charge >= 0.3 is 5.97 Å². The highest BCUT2D eigenvalue weighted by Gasteiger charge is 2.28. The van der Waals surface area contributed by atoms with Crippen molar-refractivity contribution >= 4 is 17.6 Å². The third-order valence-electron chi connectivity index (χ3n) is 3.04. The van der Waals surface area contributed by atoms with Crippen LogP contribution in [-0.2, 0) is 11.3 Å². The van der Waals surface area contributed by atoms with E-state index in [2.05, 4.69) is 5.32 Å². The normalized spacial score (nSPS) is 20.9. The molecule has 0 aliphatic carbocycles. The Labute approximate surface area is 109 Å². The molecule has 1 heterocycles. The number of carboxylic acid groups (broad SMARTS) is 1. The molecule has 1 aromatic rings. The summed E-state index contributed by atoms with van der Waals surface area (Å²) < 4.78 is 13.3. The number of carbonyl (C=O) groups is 1. The number of piperazine rings is 1. The van der Waals surface area contributed by atoms with E-state index in [9.17, 15) is 9.18 Å². The van der Waals surface area contributed by atoms with Crippen molar-refractivity contribution in [3.05, 3.63) is 34.6 Å². The molecular formula is C12H14ClFN2O2. The number of hydrogen-bond donors (Lipinski definition) is 2. The predicted octanol–water partition coefficient (Wildman–Crippen LogP) is 1.34. The molecule has 0 saturated carbocycles. The summed E-state index contributed by atoms with van der Waals surface area (Å²) >= 11 is 5.88.